The van der Waals surface area contributed by atoms with E-state index < -0.39 is 0 Å². The second-order valence-corrected chi connectivity index (χ2v) is 5.56. The van der Waals surface area contributed by atoms with Crippen LogP contribution in [-0.2, 0) is 11.3 Å². The summed E-state index contributed by atoms with van der Waals surface area (Å²) in [5, 5.41) is 9.31. The van der Waals surface area contributed by atoms with E-state index in [1.807, 2.05) is 35.8 Å². The van der Waals surface area contributed by atoms with E-state index in [9.17, 15) is 5.26 Å². The highest BCUT2D eigenvalue weighted by molar-refractivity contribution is 5.56. The van der Waals surface area contributed by atoms with Crippen molar-refractivity contribution in [3.05, 3.63) is 41.6 Å². The predicted molar refractivity (Wildman–Crippen MR) is 83.8 cm³/mol. The highest BCUT2D eigenvalue weighted by atomic mass is 16.5. The lowest BCUT2D eigenvalue weighted by Crippen LogP contribution is -2.16. The number of aromatic nitrogens is 1. The van der Waals surface area contributed by atoms with E-state index in [1.165, 1.54) is 0 Å². The molecule has 0 aliphatic carbocycles. The van der Waals surface area contributed by atoms with Crippen LogP contribution in [0.15, 0.2) is 30.3 Å². The molecule has 114 valence electrons. The largest absolute Gasteiger partial charge is 0.439 e. The lowest BCUT2D eigenvalue weighted by molar-refractivity contribution is 0.0952. The fourth-order valence-electron chi connectivity index (χ4n) is 2.65. The average molecular weight is 297 g/mol. The third-order valence-corrected chi connectivity index (χ3v) is 3.84. The van der Waals surface area contributed by atoms with Gasteiger partial charge in [0.05, 0.1) is 18.3 Å². The minimum atomic E-state index is 0.110. The first-order chi connectivity index (χ1) is 10.7. The molecular weight excluding hydrogens is 278 g/mol. The van der Waals surface area contributed by atoms with E-state index in [0.717, 1.165) is 25.0 Å². The Bertz CT molecular complexity index is 692. The zero-order valence-corrected chi connectivity index (χ0v) is 12.6. The molecule has 0 saturated carbocycles. The number of nitrogens with zero attached hydrogens (tertiary/aromatic N) is 2. The molecule has 0 amide bonds. The fourth-order valence-corrected chi connectivity index (χ4v) is 2.65. The minimum absolute atomic E-state index is 0.110. The number of anilines is 1. The van der Waals surface area contributed by atoms with E-state index in [4.69, 9.17) is 15.2 Å². The van der Waals surface area contributed by atoms with Crippen LogP contribution in [0.2, 0.25) is 0 Å². The first-order valence-corrected chi connectivity index (χ1v) is 7.42. The number of nitriles is 1. The molecular formula is C17H19N3O2. The molecule has 0 spiro atoms. The fraction of sp³-hybridized carbons (Fsp3) is 0.353. The van der Waals surface area contributed by atoms with Gasteiger partial charge in [-0.3, -0.25) is 4.57 Å². The van der Waals surface area contributed by atoms with Gasteiger partial charge < -0.3 is 15.2 Å². The van der Waals surface area contributed by atoms with Crippen LogP contribution in [0, 0.1) is 18.3 Å². The van der Waals surface area contributed by atoms with Gasteiger partial charge in [0, 0.05) is 12.7 Å². The number of hydrogen-bond acceptors (Lipinski definition) is 4. The van der Waals surface area contributed by atoms with Crippen LogP contribution in [0.5, 0.6) is 11.6 Å². The molecule has 22 heavy (non-hydrogen) atoms. The van der Waals surface area contributed by atoms with Gasteiger partial charge in [-0.2, -0.15) is 5.26 Å². The molecule has 1 unspecified atom stereocenters. The van der Waals surface area contributed by atoms with Crippen molar-refractivity contribution in [1.29, 1.82) is 5.26 Å². The summed E-state index contributed by atoms with van der Waals surface area (Å²) < 4.78 is 13.4. The molecule has 5 nitrogen and oxygen atoms in total. The minimum Gasteiger partial charge on any atom is -0.439 e. The summed E-state index contributed by atoms with van der Waals surface area (Å²) in [5.74, 6) is 1.21. The van der Waals surface area contributed by atoms with Gasteiger partial charge in [0.1, 0.15) is 17.5 Å². The summed E-state index contributed by atoms with van der Waals surface area (Å²) in [6.45, 7) is 3.38. The number of nitrogen functional groups attached to an aromatic ring is 1. The molecule has 0 bridgehead atoms. The molecule has 1 aromatic heterocycles. The van der Waals surface area contributed by atoms with E-state index in [-0.39, 0.29) is 6.10 Å². The summed E-state index contributed by atoms with van der Waals surface area (Å²) in [6.07, 6.45) is 2.16. The standard InChI is InChI=1S/C17H19N3O2/c1-12-4-6-14(7-5-12)22-17-16(19)9-13(10-18)20(17)11-15-3-2-8-21-15/h4-7,9,15H,2-3,8,11,19H2,1H3. The SMILES string of the molecule is Cc1ccc(Oc2c(N)cc(C#N)n2CC2CCCO2)cc1. The van der Waals surface area contributed by atoms with E-state index in [2.05, 4.69) is 6.07 Å². The van der Waals surface area contributed by atoms with Crippen molar-refractivity contribution in [2.45, 2.75) is 32.4 Å². The first-order valence-electron chi connectivity index (χ1n) is 7.42. The summed E-state index contributed by atoms with van der Waals surface area (Å²) in [7, 11) is 0. The summed E-state index contributed by atoms with van der Waals surface area (Å²) >= 11 is 0. The molecule has 1 atom stereocenters. The van der Waals surface area contributed by atoms with Crippen LogP contribution in [0.1, 0.15) is 24.1 Å². The van der Waals surface area contributed by atoms with Crippen LogP contribution in [0.25, 0.3) is 0 Å². The van der Waals surface area contributed by atoms with Gasteiger partial charge in [-0.1, -0.05) is 17.7 Å². The normalized spacial score (nSPS) is 17.4. The number of ether oxygens (including phenoxy) is 2. The summed E-state index contributed by atoms with van der Waals surface area (Å²) in [5.41, 5.74) is 8.16. The Labute approximate surface area is 129 Å². The van der Waals surface area contributed by atoms with Gasteiger partial charge in [0.25, 0.3) is 0 Å². The van der Waals surface area contributed by atoms with Gasteiger partial charge in [-0.15, -0.1) is 0 Å². The Morgan fingerprint density at radius 1 is 1.41 bits per heavy atom. The van der Waals surface area contributed by atoms with Crippen molar-refractivity contribution in [3.63, 3.8) is 0 Å². The van der Waals surface area contributed by atoms with Crippen molar-refractivity contribution in [3.8, 4) is 17.7 Å². The molecule has 2 N–H and O–H groups in total. The topological polar surface area (TPSA) is 73.2 Å². The van der Waals surface area contributed by atoms with Crippen LogP contribution < -0.4 is 10.5 Å². The average Bonchev–Trinajstić information content (AvgIpc) is 3.12. The smallest absolute Gasteiger partial charge is 0.224 e. The quantitative estimate of drug-likeness (QED) is 0.940. The molecule has 0 radical (unpaired) electrons. The van der Waals surface area contributed by atoms with E-state index in [1.54, 1.807) is 6.07 Å². The highest BCUT2D eigenvalue weighted by Crippen LogP contribution is 2.32. The van der Waals surface area contributed by atoms with Gasteiger partial charge in [0.2, 0.25) is 5.88 Å². The van der Waals surface area contributed by atoms with Crippen molar-refractivity contribution in [1.82, 2.24) is 4.57 Å². The van der Waals surface area contributed by atoms with Crippen molar-refractivity contribution in [2.24, 2.45) is 0 Å². The molecule has 1 fully saturated rings. The lowest BCUT2D eigenvalue weighted by Gasteiger charge is -2.16. The third kappa shape index (κ3) is 2.92. The van der Waals surface area contributed by atoms with Gasteiger partial charge >= 0.3 is 0 Å². The van der Waals surface area contributed by atoms with Crippen molar-refractivity contribution < 1.29 is 9.47 Å². The number of hydrogen-bond donors (Lipinski definition) is 1. The maximum atomic E-state index is 9.31. The van der Waals surface area contributed by atoms with Crippen LogP contribution in [-0.4, -0.2) is 17.3 Å². The number of nitrogens with two attached hydrogens (primary N) is 1. The van der Waals surface area contributed by atoms with Crippen LogP contribution in [0.3, 0.4) is 0 Å². The molecule has 1 aliphatic rings. The maximum Gasteiger partial charge on any atom is 0.224 e. The Balaban J connectivity index is 1.90. The van der Waals surface area contributed by atoms with E-state index in [0.29, 0.717) is 29.6 Å². The Kier molecular flexibility index (Phi) is 4.03. The second kappa shape index (κ2) is 6.12. The highest BCUT2D eigenvalue weighted by Gasteiger charge is 2.22. The summed E-state index contributed by atoms with van der Waals surface area (Å²) in [6, 6.07) is 11.6. The molecule has 5 heteroatoms. The van der Waals surface area contributed by atoms with Gasteiger partial charge in [0.15, 0.2) is 0 Å². The number of rotatable bonds is 4. The second-order valence-electron chi connectivity index (χ2n) is 5.56. The van der Waals surface area contributed by atoms with Crippen molar-refractivity contribution in [2.75, 3.05) is 12.3 Å². The maximum absolute atomic E-state index is 9.31. The lowest BCUT2D eigenvalue weighted by atomic mass is 10.2. The molecule has 1 aromatic carbocycles. The number of aryl methyl sites for hydroxylation is 1. The van der Waals surface area contributed by atoms with Crippen LogP contribution >= 0.6 is 0 Å². The molecule has 1 aliphatic heterocycles. The summed E-state index contributed by atoms with van der Waals surface area (Å²) in [4.78, 5) is 0. The van der Waals surface area contributed by atoms with Gasteiger partial charge in [-0.25, -0.2) is 0 Å². The Morgan fingerprint density at radius 3 is 2.82 bits per heavy atom. The number of benzene rings is 1. The van der Waals surface area contributed by atoms with E-state index >= 15 is 0 Å². The Morgan fingerprint density at radius 2 is 2.18 bits per heavy atom. The molecule has 2 aromatic rings. The van der Waals surface area contributed by atoms with Crippen molar-refractivity contribution >= 4 is 5.69 Å². The zero-order chi connectivity index (χ0) is 15.5. The van der Waals surface area contributed by atoms with Crippen LogP contribution in [0.4, 0.5) is 5.69 Å². The first kappa shape index (κ1) is 14.5. The monoisotopic (exact) mass is 297 g/mol. The van der Waals surface area contributed by atoms with Gasteiger partial charge in [-0.05, 0) is 31.9 Å². The molecule has 2 heterocycles. The molecule has 3 rings (SSSR count). The molecule has 1 saturated heterocycles. The zero-order valence-electron chi connectivity index (χ0n) is 12.6. The Hall–Kier alpha value is -2.45. The predicted octanol–water partition coefficient (Wildman–Crippen LogP) is 3.22. The third-order valence-electron chi connectivity index (χ3n) is 3.84.